The van der Waals surface area contributed by atoms with Crippen molar-refractivity contribution in [1.29, 1.82) is 0 Å². The molecule has 0 bridgehead atoms. The summed E-state index contributed by atoms with van der Waals surface area (Å²) in [7, 11) is 0. The van der Waals surface area contributed by atoms with Crippen LogP contribution in [-0.2, 0) is 0 Å². The van der Waals surface area contributed by atoms with E-state index in [9.17, 15) is 0 Å². The highest BCUT2D eigenvalue weighted by Gasteiger charge is 2.34. The molecule has 0 atom stereocenters. The second-order valence-electron chi connectivity index (χ2n) is 12.1. The molecule has 0 saturated carbocycles. The van der Waals surface area contributed by atoms with Crippen LogP contribution in [0, 0.1) is 0 Å². The first kappa shape index (κ1) is 38.3. The van der Waals surface area contributed by atoms with Crippen LogP contribution in [0.4, 0.5) is 11.4 Å². The zero-order valence-corrected chi connectivity index (χ0v) is 28.9. The molecular weight excluding hydrogens is 627 g/mol. The van der Waals surface area contributed by atoms with Crippen LogP contribution in [0.2, 0.25) is 0 Å². The molecule has 4 rings (SSSR count). The van der Waals surface area contributed by atoms with Crippen molar-refractivity contribution >= 4 is 60.0 Å². The van der Waals surface area contributed by atoms with E-state index < -0.39 is 11.3 Å². The molecular formula is C32H50Cl2N10O2. The van der Waals surface area contributed by atoms with Gasteiger partial charge in [0.2, 0.25) is 23.8 Å². The maximum Gasteiger partial charge on any atom is 0.220 e. The van der Waals surface area contributed by atoms with Gasteiger partial charge in [0.15, 0.2) is 0 Å². The normalized spacial score (nSPS) is 16.6. The second-order valence-corrected chi connectivity index (χ2v) is 12.1. The van der Waals surface area contributed by atoms with E-state index in [2.05, 4.69) is 20.0 Å². The fraction of sp³-hybridized carbons (Fsp3) is 0.500. The average Bonchev–Trinajstić information content (AvgIpc) is 2.93. The van der Waals surface area contributed by atoms with Crippen LogP contribution in [0.15, 0.2) is 68.5 Å². The van der Waals surface area contributed by atoms with Crippen LogP contribution in [0.1, 0.15) is 79.1 Å². The van der Waals surface area contributed by atoms with E-state index in [1.807, 2.05) is 86.0 Å². The van der Waals surface area contributed by atoms with Crippen LogP contribution < -0.4 is 42.2 Å². The quantitative estimate of drug-likeness (QED) is 0.179. The van der Waals surface area contributed by atoms with E-state index in [1.54, 1.807) is 0 Å². The van der Waals surface area contributed by atoms with E-state index in [1.165, 1.54) is 25.7 Å². The summed E-state index contributed by atoms with van der Waals surface area (Å²) in [6.07, 6.45) is 9.33. The Morgan fingerprint density at radius 3 is 1.13 bits per heavy atom. The molecule has 0 unspecified atom stereocenters. The van der Waals surface area contributed by atoms with E-state index in [0.717, 1.165) is 48.6 Å². The largest absolute Gasteiger partial charge is 0.494 e. The number of ether oxygens (including phenoxy) is 2. The van der Waals surface area contributed by atoms with Crippen molar-refractivity contribution in [2.45, 2.75) is 90.4 Å². The molecule has 2 aliphatic heterocycles. The Balaban J connectivity index is 0.00000368. The van der Waals surface area contributed by atoms with Gasteiger partial charge < -0.3 is 32.4 Å². The van der Waals surface area contributed by atoms with Crippen molar-refractivity contribution in [1.82, 2.24) is 0 Å². The van der Waals surface area contributed by atoms with Gasteiger partial charge in [-0.3, -0.25) is 9.80 Å². The summed E-state index contributed by atoms with van der Waals surface area (Å²) < 4.78 is 11.9. The first-order valence-electron chi connectivity index (χ1n) is 15.4. The molecule has 0 spiro atoms. The molecule has 254 valence electrons. The maximum absolute atomic E-state index is 6.12. The van der Waals surface area contributed by atoms with Crippen molar-refractivity contribution in [3.05, 3.63) is 48.5 Å². The van der Waals surface area contributed by atoms with Crippen LogP contribution in [0.25, 0.3) is 0 Å². The third kappa shape index (κ3) is 10.3. The standard InChI is InChI=1S/C32H48N10O2.2ClH/c1-31(2)39-27(33)37-29(35)41(31)23-13-17-25(18-14-23)43-21-11-9-7-5-6-8-10-12-22-44-26-19-15-24(16-20-26)42-30(36)38-28(34)40-32(42,3)4;;/h13-20H,5-12,21-22H2,1-4H3,(H4,33,35,37,39)(H4,34,36,38,40);2*1H. The molecule has 0 aromatic heterocycles. The van der Waals surface area contributed by atoms with Gasteiger partial charge in [-0.2, -0.15) is 9.98 Å². The Bertz CT molecular complexity index is 1270. The fourth-order valence-corrected chi connectivity index (χ4v) is 5.53. The molecule has 2 aromatic rings. The second kappa shape index (κ2) is 17.1. The van der Waals surface area contributed by atoms with Gasteiger partial charge >= 0.3 is 0 Å². The minimum atomic E-state index is -0.607. The van der Waals surface area contributed by atoms with E-state index in [4.69, 9.17) is 32.4 Å². The SMILES string of the molecule is CC1(C)N=C(N)N=C(N)N1c1ccc(OCCCCCCCCCCOc2ccc(N3C(N)=NC(N)=NC3(C)C)cc2)cc1.Cl.Cl. The number of hydrogen-bond donors (Lipinski definition) is 4. The molecule has 46 heavy (non-hydrogen) atoms. The number of guanidine groups is 4. The minimum absolute atomic E-state index is 0. The van der Waals surface area contributed by atoms with Crippen LogP contribution >= 0.6 is 24.8 Å². The summed E-state index contributed by atoms with van der Waals surface area (Å²) in [5.41, 5.74) is 24.3. The lowest BCUT2D eigenvalue weighted by Crippen LogP contribution is -2.54. The number of aliphatic imine (C=N–C) groups is 4. The smallest absolute Gasteiger partial charge is 0.220 e. The lowest BCUT2D eigenvalue weighted by Gasteiger charge is -2.38. The first-order valence-corrected chi connectivity index (χ1v) is 15.4. The van der Waals surface area contributed by atoms with Gasteiger partial charge in [0, 0.05) is 11.4 Å². The van der Waals surface area contributed by atoms with E-state index >= 15 is 0 Å². The molecule has 0 fully saturated rings. The third-order valence-electron chi connectivity index (χ3n) is 7.55. The lowest BCUT2D eigenvalue weighted by molar-refractivity contribution is 0.301. The highest BCUT2D eigenvalue weighted by molar-refractivity contribution is 6.06. The Morgan fingerprint density at radius 1 is 0.522 bits per heavy atom. The predicted octanol–water partition coefficient (Wildman–Crippen LogP) is 5.48. The van der Waals surface area contributed by atoms with Crippen molar-refractivity contribution in [2.24, 2.45) is 42.9 Å². The molecule has 12 nitrogen and oxygen atoms in total. The summed E-state index contributed by atoms with van der Waals surface area (Å²) in [6.45, 7) is 9.19. The molecule has 0 saturated heterocycles. The molecule has 0 amide bonds. The Kier molecular flexibility index (Phi) is 14.3. The molecule has 2 heterocycles. The number of anilines is 2. The van der Waals surface area contributed by atoms with Gasteiger partial charge in [-0.05, 0) is 89.1 Å². The van der Waals surface area contributed by atoms with Gasteiger partial charge in [-0.15, -0.1) is 24.8 Å². The highest BCUT2D eigenvalue weighted by Crippen LogP contribution is 2.30. The zero-order valence-electron chi connectivity index (χ0n) is 27.3. The Morgan fingerprint density at radius 2 is 0.826 bits per heavy atom. The van der Waals surface area contributed by atoms with Crippen molar-refractivity contribution in [2.75, 3.05) is 23.0 Å². The maximum atomic E-state index is 6.12. The molecule has 8 N–H and O–H groups in total. The summed E-state index contributed by atoms with van der Waals surface area (Å²) in [4.78, 5) is 20.7. The first-order chi connectivity index (χ1) is 21.0. The van der Waals surface area contributed by atoms with E-state index in [0.29, 0.717) is 25.1 Å². The molecule has 2 aromatic carbocycles. The van der Waals surface area contributed by atoms with Gasteiger partial charge in [0.25, 0.3) is 0 Å². The number of nitrogens with two attached hydrogens (primary N) is 4. The van der Waals surface area contributed by atoms with Crippen molar-refractivity contribution in [3.63, 3.8) is 0 Å². The number of rotatable bonds is 15. The number of hydrogen-bond acceptors (Lipinski definition) is 12. The summed E-state index contributed by atoms with van der Waals surface area (Å²) in [6, 6.07) is 15.7. The highest BCUT2D eigenvalue weighted by atomic mass is 35.5. The lowest BCUT2D eigenvalue weighted by atomic mass is 10.1. The number of nitrogens with zero attached hydrogens (tertiary/aromatic N) is 6. The summed E-state index contributed by atoms with van der Waals surface area (Å²) in [5.74, 6) is 2.72. The van der Waals surface area contributed by atoms with E-state index in [-0.39, 0.29) is 36.7 Å². The van der Waals surface area contributed by atoms with Crippen molar-refractivity contribution < 1.29 is 9.47 Å². The Labute approximate surface area is 285 Å². The van der Waals surface area contributed by atoms with Crippen molar-refractivity contribution in [3.8, 4) is 11.5 Å². The van der Waals surface area contributed by atoms with Gasteiger partial charge in [0.1, 0.15) is 22.8 Å². The number of halogens is 2. The fourth-order valence-electron chi connectivity index (χ4n) is 5.53. The predicted molar refractivity (Wildman–Crippen MR) is 195 cm³/mol. The topological polar surface area (TPSA) is 178 Å². The van der Waals surface area contributed by atoms with Gasteiger partial charge in [0.05, 0.1) is 13.2 Å². The Hall–Kier alpha value is -3.90. The van der Waals surface area contributed by atoms with Crippen LogP contribution in [0.5, 0.6) is 11.5 Å². The van der Waals surface area contributed by atoms with Gasteiger partial charge in [-0.25, -0.2) is 9.98 Å². The number of unbranched alkanes of at least 4 members (excludes halogenated alkanes) is 7. The monoisotopic (exact) mass is 676 g/mol. The zero-order chi connectivity index (χ0) is 31.7. The molecule has 2 aliphatic rings. The molecule has 14 heteroatoms. The molecule has 0 aliphatic carbocycles. The summed E-state index contributed by atoms with van der Waals surface area (Å²) in [5, 5.41) is 0. The minimum Gasteiger partial charge on any atom is -0.494 e. The van der Waals surface area contributed by atoms with Crippen LogP contribution in [0.3, 0.4) is 0 Å². The van der Waals surface area contributed by atoms with Gasteiger partial charge in [-0.1, -0.05) is 38.5 Å². The average molecular weight is 678 g/mol. The summed E-state index contributed by atoms with van der Waals surface area (Å²) >= 11 is 0. The van der Waals surface area contributed by atoms with Crippen LogP contribution in [-0.4, -0.2) is 48.4 Å². The third-order valence-corrected chi connectivity index (χ3v) is 7.55. The molecule has 0 radical (unpaired) electrons. The number of benzene rings is 2.